The third-order valence-electron chi connectivity index (χ3n) is 1.97. The molecule has 1 rings (SSSR count). The van der Waals surface area contributed by atoms with E-state index < -0.39 is 0 Å². The highest BCUT2D eigenvalue weighted by Gasteiger charge is 2.18. The Morgan fingerprint density at radius 2 is 2.00 bits per heavy atom. The van der Waals surface area contributed by atoms with E-state index >= 15 is 0 Å². The molecule has 0 bridgehead atoms. The fraction of sp³-hybridized carbons (Fsp3) is 0.833. The van der Waals surface area contributed by atoms with Crippen LogP contribution in [0.2, 0.25) is 0 Å². The quantitative estimate of drug-likeness (QED) is 0.331. The maximum atomic E-state index is 7.21. The molecule has 1 atom stereocenters. The normalized spacial score (nSPS) is 22.9. The molecule has 10 heavy (non-hydrogen) atoms. The van der Waals surface area contributed by atoms with Crippen LogP contribution in [0.5, 0.6) is 0 Å². The molecule has 1 heterocycles. The number of rotatable bonds is 1. The van der Waals surface area contributed by atoms with Gasteiger partial charge in [0.1, 0.15) is 0 Å². The first-order chi connectivity index (χ1) is 4.70. The summed E-state index contributed by atoms with van der Waals surface area (Å²) in [6.07, 6.45) is 2.08. The van der Waals surface area contributed by atoms with Gasteiger partial charge in [0.05, 0.1) is 5.84 Å². The van der Waals surface area contributed by atoms with Gasteiger partial charge >= 0.3 is 0 Å². The summed E-state index contributed by atoms with van der Waals surface area (Å²) < 4.78 is 2.19. The lowest BCUT2D eigenvalue weighted by atomic mass is 9.97. The van der Waals surface area contributed by atoms with Crippen LogP contribution in [0.25, 0.3) is 0 Å². The second-order valence-corrected chi connectivity index (χ2v) is 3.50. The molecular weight excluding hydrogens is 145 g/mol. The van der Waals surface area contributed by atoms with Crippen LogP contribution in [-0.2, 0) is 0 Å². The molecule has 0 amide bonds. The van der Waals surface area contributed by atoms with E-state index in [1.54, 1.807) is 0 Å². The van der Waals surface area contributed by atoms with Gasteiger partial charge in [-0.3, -0.25) is 10.1 Å². The Balaban J connectivity index is 2.33. The Morgan fingerprint density at radius 1 is 1.50 bits per heavy atom. The van der Waals surface area contributed by atoms with Crippen molar-refractivity contribution in [3.8, 4) is 0 Å². The standard InChI is InChI=1S/C6H14N3P/c7-6(8)5-1-3-9(10)4-2-5/h5H,1-4,10H2,(H3,7,8). The number of hydrogen-bond donors (Lipinski definition) is 2. The van der Waals surface area contributed by atoms with E-state index in [1.807, 2.05) is 0 Å². The molecule has 0 aromatic carbocycles. The zero-order chi connectivity index (χ0) is 7.56. The van der Waals surface area contributed by atoms with Crippen LogP contribution in [0.3, 0.4) is 0 Å². The van der Waals surface area contributed by atoms with Gasteiger partial charge in [-0.25, -0.2) is 0 Å². The highest BCUT2D eigenvalue weighted by molar-refractivity contribution is 7.13. The van der Waals surface area contributed by atoms with Gasteiger partial charge in [-0.2, -0.15) is 0 Å². The number of piperidine rings is 1. The summed E-state index contributed by atoms with van der Waals surface area (Å²) in [6.45, 7) is 2.10. The lowest BCUT2D eigenvalue weighted by Crippen LogP contribution is -2.33. The highest BCUT2D eigenvalue weighted by Crippen LogP contribution is 2.18. The Labute approximate surface area is 63.7 Å². The second kappa shape index (κ2) is 3.31. The maximum absolute atomic E-state index is 7.21. The average Bonchev–Trinajstić information content (AvgIpc) is 1.88. The molecule has 0 aliphatic carbocycles. The van der Waals surface area contributed by atoms with E-state index in [9.17, 15) is 0 Å². The van der Waals surface area contributed by atoms with Gasteiger partial charge in [0.2, 0.25) is 0 Å². The smallest absolute Gasteiger partial charge is 0.0937 e. The lowest BCUT2D eigenvalue weighted by molar-refractivity contribution is 0.339. The monoisotopic (exact) mass is 159 g/mol. The lowest BCUT2D eigenvalue weighted by Gasteiger charge is -2.27. The topological polar surface area (TPSA) is 53.1 Å². The van der Waals surface area contributed by atoms with Crippen molar-refractivity contribution >= 4 is 15.2 Å². The minimum Gasteiger partial charge on any atom is -0.387 e. The first-order valence-corrected chi connectivity index (χ1v) is 4.05. The predicted octanol–water partition coefficient (Wildman–Crippen LogP) is 0.424. The van der Waals surface area contributed by atoms with Crippen LogP contribution in [-0.4, -0.2) is 23.6 Å². The minimum atomic E-state index is 0.344. The SMILES string of the molecule is N=C(N)C1CCN(P)CC1. The zero-order valence-electron chi connectivity index (χ0n) is 6.01. The summed E-state index contributed by atoms with van der Waals surface area (Å²) in [7, 11) is 2.68. The van der Waals surface area contributed by atoms with E-state index in [1.165, 1.54) is 0 Å². The minimum absolute atomic E-state index is 0.344. The van der Waals surface area contributed by atoms with Crippen LogP contribution < -0.4 is 5.73 Å². The van der Waals surface area contributed by atoms with Gasteiger partial charge in [0.15, 0.2) is 0 Å². The Morgan fingerprint density at radius 3 is 2.40 bits per heavy atom. The van der Waals surface area contributed by atoms with Crippen LogP contribution in [0, 0.1) is 11.3 Å². The first-order valence-electron chi connectivity index (χ1n) is 3.53. The molecule has 0 radical (unpaired) electrons. The summed E-state index contributed by atoms with van der Waals surface area (Å²) in [6, 6.07) is 0. The average molecular weight is 159 g/mol. The van der Waals surface area contributed by atoms with Crippen molar-refractivity contribution in [2.75, 3.05) is 13.1 Å². The Kier molecular flexibility index (Phi) is 2.64. The second-order valence-electron chi connectivity index (χ2n) is 2.77. The van der Waals surface area contributed by atoms with Crippen molar-refractivity contribution in [1.29, 1.82) is 5.41 Å². The molecule has 0 spiro atoms. The number of nitrogens with two attached hydrogens (primary N) is 1. The van der Waals surface area contributed by atoms with Gasteiger partial charge in [-0.1, -0.05) is 9.39 Å². The summed E-state index contributed by atoms with van der Waals surface area (Å²) in [4.78, 5) is 0. The van der Waals surface area contributed by atoms with E-state index in [0.29, 0.717) is 11.8 Å². The van der Waals surface area contributed by atoms with Gasteiger partial charge in [0.25, 0.3) is 0 Å². The van der Waals surface area contributed by atoms with Crippen LogP contribution in [0.15, 0.2) is 0 Å². The van der Waals surface area contributed by atoms with Crippen molar-refractivity contribution in [2.45, 2.75) is 12.8 Å². The summed E-state index contributed by atoms with van der Waals surface area (Å²) in [5.74, 6) is 0.704. The van der Waals surface area contributed by atoms with Crippen LogP contribution in [0.1, 0.15) is 12.8 Å². The van der Waals surface area contributed by atoms with Gasteiger partial charge in [-0.05, 0) is 12.8 Å². The molecule has 3 nitrogen and oxygen atoms in total. The van der Waals surface area contributed by atoms with Crippen LogP contribution in [0.4, 0.5) is 0 Å². The molecule has 1 fully saturated rings. The first kappa shape index (κ1) is 7.96. The fourth-order valence-electron chi connectivity index (χ4n) is 1.21. The number of nitrogens with one attached hydrogen (secondary N) is 1. The van der Waals surface area contributed by atoms with E-state index in [-0.39, 0.29) is 0 Å². The highest BCUT2D eigenvalue weighted by atomic mass is 31.0. The Hall–Kier alpha value is -0.140. The molecule has 58 valence electrons. The van der Waals surface area contributed by atoms with E-state index in [2.05, 4.69) is 14.1 Å². The molecule has 1 unspecified atom stereocenters. The molecule has 1 aliphatic rings. The number of amidine groups is 1. The fourth-order valence-corrected chi connectivity index (χ4v) is 1.51. The molecule has 0 saturated carbocycles. The van der Waals surface area contributed by atoms with Gasteiger partial charge < -0.3 is 5.73 Å². The summed E-state index contributed by atoms with van der Waals surface area (Å²) >= 11 is 0. The summed E-state index contributed by atoms with van der Waals surface area (Å²) in [5, 5.41) is 7.21. The van der Waals surface area contributed by atoms with E-state index in [4.69, 9.17) is 11.1 Å². The Bertz CT molecular complexity index is 129. The third-order valence-corrected chi connectivity index (χ3v) is 2.49. The van der Waals surface area contributed by atoms with E-state index in [0.717, 1.165) is 25.9 Å². The van der Waals surface area contributed by atoms with Crippen molar-refractivity contribution < 1.29 is 0 Å². The molecule has 1 aliphatic heterocycles. The molecule has 0 aromatic heterocycles. The van der Waals surface area contributed by atoms with Crippen molar-refractivity contribution in [3.63, 3.8) is 0 Å². The maximum Gasteiger partial charge on any atom is 0.0937 e. The molecule has 1 saturated heterocycles. The molecule has 0 aromatic rings. The van der Waals surface area contributed by atoms with Gasteiger partial charge in [-0.15, -0.1) is 0 Å². The largest absolute Gasteiger partial charge is 0.387 e. The zero-order valence-corrected chi connectivity index (χ0v) is 7.16. The molecular formula is C6H14N3P. The van der Waals surface area contributed by atoms with Crippen molar-refractivity contribution in [1.82, 2.24) is 4.67 Å². The third kappa shape index (κ3) is 1.93. The predicted molar refractivity (Wildman–Crippen MR) is 45.9 cm³/mol. The number of nitrogens with zero attached hydrogens (tertiary/aromatic N) is 1. The van der Waals surface area contributed by atoms with Gasteiger partial charge in [0, 0.05) is 19.0 Å². The number of hydrogen-bond acceptors (Lipinski definition) is 2. The molecule has 4 heteroatoms. The van der Waals surface area contributed by atoms with Crippen molar-refractivity contribution in [3.05, 3.63) is 0 Å². The molecule has 3 N–H and O–H groups in total. The van der Waals surface area contributed by atoms with Crippen LogP contribution >= 0.6 is 9.39 Å². The van der Waals surface area contributed by atoms with Crippen molar-refractivity contribution in [2.24, 2.45) is 11.7 Å². The summed E-state index contributed by atoms with van der Waals surface area (Å²) in [5.41, 5.74) is 5.37.